The monoisotopic (exact) mass is 313 g/mol. The molecule has 0 aliphatic rings. The van der Waals surface area contributed by atoms with Crippen molar-refractivity contribution in [3.63, 3.8) is 0 Å². The Morgan fingerprint density at radius 1 is 1.33 bits per heavy atom. The van der Waals surface area contributed by atoms with Crippen LogP contribution in [-0.2, 0) is 21.4 Å². The molecule has 0 saturated carbocycles. The van der Waals surface area contributed by atoms with Gasteiger partial charge in [-0.3, -0.25) is 9.78 Å². The van der Waals surface area contributed by atoms with Gasteiger partial charge >= 0.3 is 0 Å². The first-order valence-electron chi connectivity index (χ1n) is 6.93. The predicted octanol–water partition coefficient (Wildman–Crippen LogP) is 1.10. The minimum atomic E-state index is -3.47. The summed E-state index contributed by atoms with van der Waals surface area (Å²) in [6.07, 6.45) is 4.60. The maximum atomic E-state index is 12.1. The van der Waals surface area contributed by atoms with Crippen LogP contribution in [0.5, 0.6) is 0 Å². The van der Waals surface area contributed by atoms with Crippen LogP contribution in [0.3, 0.4) is 0 Å². The summed E-state index contributed by atoms with van der Waals surface area (Å²) >= 11 is 0. The van der Waals surface area contributed by atoms with Gasteiger partial charge in [0.15, 0.2) is 0 Å². The van der Waals surface area contributed by atoms with Gasteiger partial charge in [0, 0.05) is 19.8 Å². The van der Waals surface area contributed by atoms with Gasteiger partial charge in [-0.05, 0) is 18.6 Å². The molecule has 0 aliphatic carbocycles. The molecular weight excluding hydrogens is 290 g/mol. The van der Waals surface area contributed by atoms with Crippen molar-refractivity contribution in [2.45, 2.75) is 26.3 Å². The van der Waals surface area contributed by atoms with Crippen LogP contribution in [-0.4, -0.2) is 54.9 Å². The third kappa shape index (κ3) is 6.22. The maximum absolute atomic E-state index is 12.1. The molecule has 0 aliphatic heterocycles. The fourth-order valence-electron chi connectivity index (χ4n) is 1.75. The predicted molar refractivity (Wildman–Crippen MR) is 82.0 cm³/mol. The Balaban J connectivity index is 2.74. The van der Waals surface area contributed by atoms with Gasteiger partial charge in [0.2, 0.25) is 15.9 Å². The molecule has 0 aromatic carbocycles. The normalized spacial score (nSPS) is 11.6. The fourth-order valence-corrected chi connectivity index (χ4v) is 2.47. The average Bonchev–Trinajstić information content (AvgIpc) is 2.44. The lowest BCUT2D eigenvalue weighted by molar-refractivity contribution is -0.130. The Morgan fingerprint density at radius 3 is 2.57 bits per heavy atom. The van der Waals surface area contributed by atoms with Crippen molar-refractivity contribution < 1.29 is 13.2 Å². The first-order chi connectivity index (χ1) is 9.84. The molecule has 1 amide bonds. The van der Waals surface area contributed by atoms with Gasteiger partial charge in [-0.1, -0.05) is 19.4 Å². The zero-order valence-corrected chi connectivity index (χ0v) is 13.6. The van der Waals surface area contributed by atoms with E-state index in [1.165, 1.54) is 0 Å². The lowest BCUT2D eigenvalue weighted by Gasteiger charge is -2.23. The third-order valence-corrected chi connectivity index (χ3v) is 4.31. The Hall–Kier alpha value is -1.47. The maximum Gasteiger partial charge on any atom is 0.237 e. The number of carbonyl (C=O) groups is 1. The minimum absolute atomic E-state index is 0.104. The molecule has 0 spiro atoms. The fraction of sp³-hybridized carbons (Fsp3) is 0.571. The van der Waals surface area contributed by atoms with E-state index < -0.39 is 10.0 Å². The van der Waals surface area contributed by atoms with Crippen molar-refractivity contribution in [2.24, 2.45) is 0 Å². The van der Waals surface area contributed by atoms with Crippen LogP contribution in [0.1, 0.15) is 25.5 Å². The molecule has 21 heavy (non-hydrogen) atoms. The molecule has 7 heteroatoms. The van der Waals surface area contributed by atoms with Crippen LogP contribution in [0.2, 0.25) is 0 Å². The Labute approximate surface area is 126 Å². The molecule has 1 aromatic rings. The van der Waals surface area contributed by atoms with Crippen molar-refractivity contribution in [1.29, 1.82) is 0 Å². The topological polar surface area (TPSA) is 70.6 Å². The lowest BCUT2D eigenvalue weighted by atomic mass is 10.3. The molecule has 0 unspecified atom stereocenters. The SMILES string of the molecule is CCCCN(C)C(=O)CN(Cc1ccccn1)S(C)(=O)=O. The van der Waals surface area contributed by atoms with Gasteiger partial charge in [0.25, 0.3) is 0 Å². The summed E-state index contributed by atoms with van der Waals surface area (Å²) in [5, 5.41) is 0. The number of hydrogen-bond acceptors (Lipinski definition) is 4. The summed E-state index contributed by atoms with van der Waals surface area (Å²) in [5.41, 5.74) is 0.618. The Kier molecular flexibility index (Phi) is 6.77. The van der Waals surface area contributed by atoms with Crippen LogP contribution in [0.25, 0.3) is 0 Å². The molecule has 1 rings (SSSR count). The molecule has 6 nitrogen and oxygen atoms in total. The van der Waals surface area contributed by atoms with E-state index in [2.05, 4.69) is 4.98 Å². The van der Waals surface area contributed by atoms with Gasteiger partial charge in [-0.15, -0.1) is 0 Å². The second kappa shape index (κ2) is 8.09. The number of aromatic nitrogens is 1. The Morgan fingerprint density at radius 2 is 2.05 bits per heavy atom. The summed E-state index contributed by atoms with van der Waals surface area (Å²) in [4.78, 5) is 17.8. The number of sulfonamides is 1. The number of likely N-dealkylation sites (N-methyl/N-ethyl adjacent to an activating group) is 1. The minimum Gasteiger partial charge on any atom is -0.345 e. The molecule has 0 radical (unpaired) electrons. The number of hydrogen-bond donors (Lipinski definition) is 0. The number of nitrogens with zero attached hydrogens (tertiary/aromatic N) is 3. The zero-order chi connectivity index (χ0) is 15.9. The molecule has 118 valence electrons. The van der Waals surface area contributed by atoms with E-state index in [0.29, 0.717) is 12.2 Å². The molecule has 0 bridgehead atoms. The van der Waals surface area contributed by atoms with Crippen LogP contribution < -0.4 is 0 Å². The standard InChI is InChI=1S/C14H23N3O3S/c1-4-5-10-16(2)14(18)12-17(21(3,19)20)11-13-8-6-7-9-15-13/h6-9H,4-5,10-12H2,1-3H3. The van der Waals surface area contributed by atoms with E-state index in [1.807, 2.05) is 6.92 Å². The summed E-state index contributed by atoms with van der Waals surface area (Å²) in [6, 6.07) is 5.29. The van der Waals surface area contributed by atoms with Crippen molar-refractivity contribution in [1.82, 2.24) is 14.2 Å². The summed E-state index contributed by atoms with van der Waals surface area (Å²) in [6.45, 7) is 2.63. The first kappa shape index (κ1) is 17.6. The lowest BCUT2D eigenvalue weighted by Crippen LogP contribution is -2.41. The summed E-state index contributed by atoms with van der Waals surface area (Å²) in [7, 11) is -1.77. The van der Waals surface area contributed by atoms with E-state index in [4.69, 9.17) is 0 Å². The molecule has 1 heterocycles. The van der Waals surface area contributed by atoms with Crippen molar-refractivity contribution in [2.75, 3.05) is 26.4 Å². The van der Waals surface area contributed by atoms with Gasteiger partial charge in [-0.2, -0.15) is 4.31 Å². The molecule has 1 aromatic heterocycles. The number of amides is 1. The number of rotatable bonds is 8. The first-order valence-corrected chi connectivity index (χ1v) is 8.78. The van der Waals surface area contributed by atoms with E-state index in [0.717, 1.165) is 23.4 Å². The highest BCUT2D eigenvalue weighted by atomic mass is 32.2. The molecular formula is C14H23N3O3S. The molecule has 0 saturated heterocycles. The van der Waals surface area contributed by atoms with Crippen molar-refractivity contribution >= 4 is 15.9 Å². The molecule has 0 fully saturated rings. The summed E-state index contributed by atoms with van der Waals surface area (Å²) in [5.74, 6) is -0.204. The van der Waals surface area contributed by atoms with Gasteiger partial charge in [0.1, 0.15) is 0 Å². The summed E-state index contributed by atoms with van der Waals surface area (Å²) < 4.78 is 24.8. The quantitative estimate of drug-likeness (QED) is 0.720. The average molecular weight is 313 g/mol. The van der Waals surface area contributed by atoms with Crippen LogP contribution in [0, 0.1) is 0 Å². The largest absolute Gasteiger partial charge is 0.345 e. The second-order valence-electron chi connectivity index (χ2n) is 5.02. The molecule has 0 N–H and O–H groups in total. The second-order valence-corrected chi connectivity index (χ2v) is 7.00. The van der Waals surface area contributed by atoms with E-state index in [9.17, 15) is 13.2 Å². The van der Waals surface area contributed by atoms with Crippen molar-refractivity contribution in [3.8, 4) is 0 Å². The number of carbonyl (C=O) groups excluding carboxylic acids is 1. The zero-order valence-electron chi connectivity index (χ0n) is 12.8. The van der Waals surface area contributed by atoms with E-state index in [-0.39, 0.29) is 19.0 Å². The van der Waals surface area contributed by atoms with Crippen LogP contribution in [0.15, 0.2) is 24.4 Å². The Bertz CT molecular complexity index is 546. The highest BCUT2D eigenvalue weighted by Gasteiger charge is 2.22. The van der Waals surface area contributed by atoms with Crippen molar-refractivity contribution in [3.05, 3.63) is 30.1 Å². The highest BCUT2D eigenvalue weighted by Crippen LogP contribution is 2.07. The number of unbranched alkanes of at least 4 members (excludes halogenated alkanes) is 1. The van der Waals surface area contributed by atoms with Gasteiger partial charge in [-0.25, -0.2) is 8.42 Å². The number of pyridine rings is 1. The smallest absolute Gasteiger partial charge is 0.237 e. The van der Waals surface area contributed by atoms with Crippen LogP contribution >= 0.6 is 0 Å². The molecule has 0 atom stereocenters. The van der Waals surface area contributed by atoms with Gasteiger partial charge in [0.05, 0.1) is 25.0 Å². The highest BCUT2D eigenvalue weighted by molar-refractivity contribution is 7.88. The van der Waals surface area contributed by atoms with E-state index in [1.54, 1.807) is 36.3 Å². The third-order valence-electron chi connectivity index (χ3n) is 3.12. The van der Waals surface area contributed by atoms with Crippen LogP contribution in [0.4, 0.5) is 0 Å². The van der Waals surface area contributed by atoms with Gasteiger partial charge < -0.3 is 4.90 Å². The van der Waals surface area contributed by atoms with E-state index >= 15 is 0 Å².